The monoisotopic (exact) mass is 256 g/mol. The topological polar surface area (TPSA) is 41.6 Å². The zero-order valence-electron chi connectivity index (χ0n) is 10.4. The first kappa shape index (κ1) is 14.2. The van der Waals surface area contributed by atoms with Crippen molar-refractivity contribution in [2.24, 2.45) is 0 Å². The molecule has 1 N–H and O–H groups in total. The highest BCUT2D eigenvalue weighted by atomic mass is 32.1. The van der Waals surface area contributed by atoms with Crippen LogP contribution in [0.4, 0.5) is 0 Å². The van der Waals surface area contributed by atoms with Gasteiger partial charge in [0.05, 0.1) is 6.54 Å². The van der Waals surface area contributed by atoms with E-state index in [-0.39, 0.29) is 5.91 Å². The summed E-state index contributed by atoms with van der Waals surface area (Å²) in [6.07, 6.45) is 0.858. The van der Waals surface area contributed by atoms with Crippen LogP contribution in [0.25, 0.3) is 0 Å². The lowest BCUT2D eigenvalue weighted by atomic mass is 10.4. The molecule has 0 spiro atoms. The predicted molar refractivity (Wildman–Crippen MR) is 70.2 cm³/mol. The first-order valence-electron chi connectivity index (χ1n) is 5.69. The number of hydrogen-bond acceptors (Lipinski definition) is 4. The van der Waals surface area contributed by atoms with E-state index in [0.717, 1.165) is 13.0 Å². The molecular formula is C12H20N2O2S. The van der Waals surface area contributed by atoms with Crippen molar-refractivity contribution in [3.63, 3.8) is 0 Å². The van der Waals surface area contributed by atoms with Gasteiger partial charge in [0.15, 0.2) is 0 Å². The standard InChI is InChI=1S/C12H20N2O2S/c1-14(9-11-5-3-8-17-11)10-12(15)13-6-4-7-16-2/h3,5,8H,4,6-7,9-10H2,1-2H3,(H,13,15). The quantitative estimate of drug-likeness (QED) is 0.714. The van der Waals surface area contributed by atoms with Crippen molar-refractivity contribution in [3.05, 3.63) is 22.4 Å². The number of hydrogen-bond donors (Lipinski definition) is 1. The summed E-state index contributed by atoms with van der Waals surface area (Å²) < 4.78 is 4.91. The molecule has 0 fully saturated rings. The fourth-order valence-corrected chi connectivity index (χ4v) is 2.25. The number of nitrogens with one attached hydrogen (secondary N) is 1. The maximum atomic E-state index is 11.6. The summed E-state index contributed by atoms with van der Waals surface area (Å²) in [5.74, 6) is 0.0696. The van der Waals surface area contributed by atoms with Crippen LogP contribution < -0.4 is 5.32 Å². The molecule has 0 radical (unpaired) electrons. The Morgan fingerprint density at radius 3 is 3.06 bits per heavy atom. The van der Waals surface area contributed by atoms with Gasteiger partial charge in [-0.1, -0.05) is 6.07 Å². The molecule has 5 heteroatoms. The molecule has 0 unspecified atom stereocenters. The summed E-state index contributed by atoms with van der Waals surface area (Å²) in [6, 6.07) is 4.11. The zero-order valence-corrected chi connectivity index (χ0v) is 11.3. The van der Waals surface area contributed by atoms with Gasteiger partial charge in [-0.2, -0.15) is 0 Å². The minimum absolute atomic E-state index is 0.0696. The van der Waals surface area contributed by atoms with Crippen LogP contribution in [-0.4, -0.2) is 44.7 Å². The van der Waals surface area contributed by atoms with Crippen molar-refractivity contribution >= 4 is 17.2 Å². The Labute approximate surface area is 107 Å². The minimum atomic E-state index is 0.0696. The number of carbonyl (C=O) groups excluding carboxylic acids is 1. The Morgan fingerprint density at radius 2 is 2.41 bits per heavy atom. The smallest absolute Gasteiger partial charge is 0.234 e. The number of methoxy groups -OCH3 is 1. The molecule has 0 saturated carbocycles. The average Bonchev–Trinajstić information content (AvgIpc) is 2.77. The second-order valence-corrected chi connectivity index (χ2v) is 4.98. The van der Waals surface area contributed by atoms with Crippen LogP contribution in [0.3, 0.4) is 0 Å². The number of amides is 1. The van der Waals surface area contributed by atoms with Crippen molar-refractivity contribution in [1.29, 1.82) is 0 Å². The van der Waals surface area contributed by atoms with Crippen molar-refractivity contribution in [2.75, 3.05) is 33.9 Å². The van der Waals surface area contributed by atoms with Gasteiger partial charge in [-0.25, -0.2) is 0 Å². The number of likely N-dealkylation sites (N-methyl/N-ethyl adjacent to an activating group) is 1. The van der Waals surface area contributed by atoms with Crippen molar-refractivity contribution in [3.8, 4) is 0 Å². The maximum absolute atomic E-state index is 11.6. The summed E-state index contributed by atoms with van der Waals surface area (Å²) in [5, 5.41) is 4.92. The summed E-state index contributed by atoms with van der Waals surface area (Å²) in [7, 11) is 3.62. The molecule has 0 aliphatic heterocycles. The normalized spacial score (nSPS) is 10.8. The Hall–Kier alpha value is -0.910. The summed E-state index contributed by atoms with van der Waals surface area (Å²) in [4.78, 5) is 14.8. The first-order chi connectivity index (χ1) is 8.22. The van der Waals surface area contributed by atoms with Crippen LogP contribution in [-0.2, 0) is 16.1 Å². The largest absolute Gasteiger partial charge is 0.385 e. The highest BCUT2D eigenvalue weighted by Crippen LogP contribution is 2.10. The van der Waals surface area contributed by atoms with Crippen LogP contribution in [0, 0.1) is 0 Å². The van der Waals surface area contributed by atoms with Gasteiger partial charge in [-0.05, 0) is 24.9 Å². The highest BCUT2D eigenvalue weighted by molar-refractivity contribution is 7.09. The Kier molecular flexibility index (Phi) is 6.84. The molecule has 1 aromatic rings. The van der Waals surface area contributed by atoms with E-state index in [9.17, 15) is 4.79 Å². The maximum Gasteiger partial charge on any atom is 0.234 e. The highest BCUT2D eigenvalue weighted by Gasteiger charge is 2.06. The number of rotatable bonds is 8. The number of carbonyl (C=O) groups is 1. The SMILES string of the molecule is COCCCNC(=O)CN(C)Cc1cccs1. The summed E-state index contributed by atoms with van der Waals surface area (Å²) in [6.45, 7) is 2.62. The predicted octanol–water partition coefficient (Wildman–Crippen LogP) is 1.33. The van der Waals surface area contributed by atoms with E-state index in [1.165, 1.54) is 4.88 Å². The molecule has 1 heterocycles. The number of nitrogens with zero attached hydrogens (tertiary/aromatic N) is 1. The van der Waals surface area contributed by atoms with Crippen molar-refractivity contribution < 1.29 is 9.53 Å². The molecule has 0 atom stereocenters. The summed E-state index contributed by atoms with van der Waals surface area (Å²) >= 11 is 1.71. The van der Waals surface area contributed by atoms with Crippen LogP contribution in [0.5, 0.6) is 0 Å². The van der Waals surface area contributed by atoms with Crippen LogP contribution in [0.2, 0.25) is 0 Å². The Balaban J connectivity index is 2.13. The van der Waals surface area contributed by atoms with Gasteiger partial charge in [-0.15, -0.1) is 11.3 Å². The van der Waals surface area contributed by atoms with Crippen molar-refractivity contribution in [2.45, 2.75) is 13.0 Å². The van der Waals surface area contributed by atoms with Gasteiger partial charge in [-0.3, -0.25) is 9.69 Å². The Bertz CT molecular complexity index is 314. The molecule has 96 valence electrons. The van der Waals surface area contributed by atoms with Gasteiger partial charge in [0.25, 0.3) is 0 Å². The molecule has 4 nitrogen and oxygen atoms in total. The first-order valence-corrected chi connectivity index (χ1v) is 6.57. The fraction of sp³-hybridized carbons (Fsp3) is 0.583. The third-order valence-electron chi connectivity index (χ3n) is 2.27. The molecule has 1 aromatic heterocycles. The molecule has 0 bridgehead atoms. The second-order valence-electron chi connectivity index (χ2n) is 3.95. The van der Waals surface area contributed by atoms with Crippen LogP contribution in [0.15, 0.2) is 17.5 Å². The zero-order chi connectivity index (χ0) is 12.5. The van der Waals surface area contributed by atoms with Crippen molar-refractivity contribution in [1.82, 2.24) is 10.2 Å². The van der Waals surface area contributed by atoms with Gasteiger partial charge < -0.3 is 10.1 Å². The average molecular weight is 256 g/mol. The van der Waals surface area contributed by atoms with Crippen LogP contribution >= 0.6 is 11.3 Å². The van der Waals surface area contributed by atoms with Gasteiger partial charge >= 0.3 is 0 Å². The molecule has 0 saturated heterocycles. The number of ether oxygens (including phenoxy) is 1. The van der Waals surface area contributed by atoms with E-state index < -0.39 is 0 Å². The molecule has 0 aromatic carbocycles. The Morgan fingerprint density at radius 1 is 1.59 bits per heavy atom. The number of thiophene rings is 1. The van der Waals surface area contributed by atoms with E-state index in [0.29, 0.717) is 19.7 Å². The molecule has 17 heavy (non-hydrogen) atoms. The van der Waals surface area contributed by atoms with Gasteiger partial charge in [0, 0.05) is 31.7 Å². The molecule has 0 aliphatic rings. The molecule has 1 amide bonds. The molecular weight excluding hydrogens is 236 g/mol. The second kappa shape index (κ2) is 8.22. The molecule has 1 rings (SSSR count). The fourth-order valence-electron chi connectivity index (χ4n) is 1.47. The lowest BCUT2D eigenvalue weighted by Gasteiger charge is -2.15. The van der Waals surface area contributed by atoms with Crippen LogP contribution in [0.1, 0.15) is 11.3 Å². The van der Waals surface area contributed by atoms with E-state index >= 15 is 0 Å². The van der Waals surface area contributed by atoms with E-state index in [2.05, 4.69) is 11.4 Å². The van der Waals surface area contributed by atoms with Gasteiger partial charge in [0.1, 0.15) is 0 Å². The lowest BCUT2D eigenvalue weighted by Crippen LogP contribution is -2.35. The summed E-state index contributed by atoms with van der Waals surface area (Å²) in [5.41, 5.74) is 0. The lowest BCUT2D eigenvalue weighted by molar-refractivity contribution is -0.122. The van der Waals surface area contributed by atoms with E-state index in [1.54, 1.807) is 18.4 Å². The van der Waals surface area contributed by atoms with Gasteiger partial charge in [0.2, 0.25) is 5.91 Å². The van der Waals surface area contributed by atoms with E-state index in [1.807, 2.05) is 23.4 Å². The third kappa shape index (κ3) is 6.41. The minimum Gasteiger partial charge on any atom is -0.385 e. The third-order valence-corrected chi connectivity index (χ3v) is 3.13. The molecule has 0 aliphatic carbocycles. The van der Waals surface area contributed by atoms with E-state index in [4.69, 9.17) is 4.74 Å².